The molecule has 5 heteroatoms. The highest BCUT2D eigenvalue weighted by Crippen LogP contribution is 2.17. The van der Waals surface area contributed by atoms with E-state index in [0.29, 0.717) is 23.1 Å². The Morgan fingerprint density at radius 1 is 1.33 bits per heavy atom. The largest absolute Gasteiger partial charge is 0.366 e. The molecule has 1 heterocycles. The molecule has 0 radical (unpaired) electrons. The van der Waals surface area contributed by atoms with Gasteiger partial charge in [0, 0.05) is 27.9 Å². The highest BCUT2D eigenvalue weighted by atomic mass is 127. The number of hydrogen-bond donors (Lipinski definition) is 1. The Hall–Kier alpha value is -1.50. The van der Waals surface area contributed by atoms with E-state index >= 15 is 0 Å². The summed E-state index contributed by atoms with van der Waals surface area (Å²) in [6.07, 6.45) is 3.33. The lowest BCUT2D eigenvalue weighted by Gasteiger charge is -2.07. The van der Waals surface area contributed by atoms with Crippen LogP contribution in [0.25, 0.3) is 0 Å². The second-order valence-electron chi connectivity index (χ2n) is 3.81. The zero-order valence-corrected chi connectivity index (χ0v) is 11.5. The van der Waals surface area contributed by atoms with Gasteiger partial charge in [0.25, 0.3) is 0 Å². The van der Waals surface area contributed by atoms with Gasteiger partial charge < -0.3 is 5.73 Å². The fourth-order valence-electron chi connectivity index (χ4n) is 1.68. The SMILES string of the molecule is NC(=O)c1ccncc1Cc1ccc(I)cc1F. The summed E-state index contributed by atoms with van der Waals surface area (Å²) in [5, 5.41) is 0. The standard InChI is InChI=1S/C13H10FIN2O/c14-12-6-10(15)2-1-8(12)5-9-7-17-4-3-11(9)13(16)18/h1-4,6-7H,5H2,(H2,16,18). The summed E-state index contributed by atoms with van der Waals surface area (Å²) in [7, 11) is 0. The van der Waals surface area contributed by atoms with Crippen molar-refractivity contribution in [2.75, 3.05) is 0 Å². The van der Waals surface area contributed by atoms with Gasteiger partial charge in [0.1, 0.15) is 5.82 Å². The Bertz CT molecular complexity index is 601. The number of carbonyl (C=O) groups excluding carboxylic acids is 1. The van der Waals surface area contributed by atoms with E-state index in [9.17, 15) is 9.18 Å². The van der Waals surface area contributed by atoms with Gasteiger partial charge in [0.2, 0.25) is 5.91 Å². The molecule has 0 fully saturated rings. The number of rotatable bonds is 3. The van der Waals surface area contributed by atoms with Crippen LogP contribution in [-0.4, -0.2) is 10.9 Å². The summed E-state index contributed by atoms with van der Waals surface area (Å²) in [6, 6.07) is 6.52. The van der Waals surface area contributed by atoms with Crippen molar-refractivity contribution in [3.63, 3.8) is 0 Å². The van der Waals surface area contributed by atoms with E-state index in [4.69, 9.17) is 5.73 Å². The van der Waals surface area contributed by atoms with Crippen LogP contribution in [0.5, 0.6) is 0 Å². The van der Waals surface area contributed by atoms with E-state index in [0.717, 1.165) is 3.57 Å². The molecular formula is C13H10FIN2O. The molecule has 1 aromatic heterocycles. The average molecular weight is 356 g/mol. The zero-order valence-electron chi connectivity index (χ0n) is 9.36. The molecule has 0 aliphatic rings. The number of nitrogens with zero attached hydrogens (tertiary/aromatic N) is 1. The minimum absolute atomic E-state index is 0.291. The predicted molar refractivity (Wildman–Crippen MR) is 74.7 cm³/mol. The number of halogens is 2. The Morgan fingerprint density at radius 2 is 2.11 bits per heavy atom. The molecule has 2 N–H and O–H groups in total. The predicted octanol–water partition coefficient (Wildman–Crippen LogP) is 2.52. The van der Waals surface area contributed by atoms with Crippen LogP contribution in [0.2, 0.25) is 0 Å². The van der Waals surface area contributed by atoms with Crippen LogP contribution < -0.4 is 5.73 Å². The molecule has 0 unspecified atom stereocenters. The van der Waals surface area contributed by atoms with Gasteiger partial charge in [-0.15, -0.1) is 0 Å². The van der Waals surface area contributed by atoms with Gasteiger partial charge in [-0.3, -0.25) is 9.78 Å². The normalized spacial score (nSPS) is 10.3. The molecule has 92 valence electrons. The monoisotopic (exact) mass is 356 g/mol. The summed E-state index contributed by atoms with van der Waals surface area (Å²) in [4.78, 5) is 15.2. The minimum atomic E-state index is -0.529. The number of amides is 1. The number of aromatic nitrogens is 1. The number of carbonyl (C=O) groups is 1. The molecule has 2 aromatic rings. The maximum atomic E-state index is 13.7. The van der Waals surface area contributed by atoms with Gasteiger partial charge in [0.15, 0.2) is 0 Å². The van der Waals surface area contributed by atoms with Crippen LogP contribution in [0.15, 0.2) is 36.7 Å². The molecule has 18 heavy (non-hydrogen) atoms. The van der Waals surface area contributed by atoms with Crippen LogP contribution >= 0.6 is 22.6 Å². The zero-order chi connectivity index (χ0) is 13.1. The lowest BCUT2D eigenvalue weighted by molar-refractivity contribution is 0.0999. The maximum absolute atomic E-state index is 13.7. The topological polar surface area (TPSA) is 56.0 Å². The fraction of sp³-hybridized carbons (Fsp3) is 0.0769. The first-order valence-electron chi connectivity index (χ1n) is 5.24. The summed E-state index contributed by atoms with van der Waals surface area (Å²) >= 11 is 2.04. The third kappa shape index (κ3) is 2.84. The van der Waals surface area contributed by atoms with Crippen molar-refractivity contribution in [1.29, 1.82) is 0 Å². The van der Waals surface area contributed by atoms with Crippen LogP contribution in [0.4, 0.5) is 4.39 Å². The fourth-order valence-corrected chi connectivity index (χ4v) is 2.13. The first-order valence-corrected chi connectivity index (χ1v) is 6.32. The lowest BCUT2D eigenvalue weighted by Crippen LogP contribution is -2.14. The first-order chi connectivity index (χ1) is 8.58. The minimum Gasteiger partial charge on any atom is -0.366 e. The molecule has 0 saturated heterocycles. The highest BCUT2D eigenvalue weighted by molar-refractivity contribution is 14.1. The third-order valence-corrected chi connectivity index (χ3v) is 3.24. The first kappa shape index (κ1) is 12.9. The van der Waals surface area contributed by atoms with Crippen LogP contribution in [0.1, 0.15) is 21.5 Å². The number of nitrogens with two attached hydrogens (primary N) is 1. The summed E-state index contributed by atoms with van der Waals surface area (Å²) in [6.45, 7) is 0. The molecule has 3 nitrogen and oxygen atoms in total. The van der Waals surface area contributed by atoms with Gasteiger partial charge in [-0.25, -0.2) is 4.39 Å². The van der Waals surface area contributed by atoms with Crippen molar-refractivity contribution >= 4 is 28.5 Å². The van der Waals surface area contributed by atoms with E-state index in [2.05, 4.69) is 4.98 Å². The molecule has 0 atom stereocenters. The molecule has 0 spiro atoms. The van der Waals surface area contributed by atoms with Crippen molar-refractivity contribution in [3.8, 4) is 0 Å². The van der Waals surface area contributed by atoms with E-state index in [1.807, 2.05) is 28.7 Å². The van der Waals surface area contributed by atoms with Gasteiger partial charge in [0.05, 0.1) is 0 Å². The van der Waals surface area contributed by atoms with E-state index < -0.39 is 5.91 Å². The van der Waals surface area contributed by atoms with Gasteiger partial charge in [-0.05, 0) is 51.9 Å². The quantitative estimate of drug-likeness (QED) is 0.860. The summed E-state index contributed by atoms with van der Waals surface area (Å²) in [5.74, 6) is -0.820. The van der Waals surface area contributed by atoms with E-state index in [-0.39, 0.29) is 5.82 Å². The molecule has 2 rings (SSSR count). The number of pyridine rings is 1. The van der Waals surface area contributed by atoms with Crippen molar-refractivity contribution in [2.45, 2.75) is 6.42 Å². The van der Waals surface area contributed by atoms with Crippen LogP contribution in [0.3, 0.4) is 0 Å². The van der Waals surface area contributed by atoms with Crippen LogP contribution in [-0.2, 0) is 6.42 Å². The molecule has 1 amide bonds. The molecule has 0 aliphatic heterocycles. The van der Waals surface area contributed by atoms with E-state index in [1.165, 1.54) is 18.5 Å². The second kappa shape index (κ2) is 5.43. The molecule has 0 saturated carbocycles. The van der Waals surface area contributed by atoms with Gasteiger partial charge in [-0.1, -0.05) is 6.07 Å². The van der Waals surface area contributed by atoms with Gasteiger partial charge >= 0.3 is 0 Å². The Kier molecular flexibility index (Phi) is 3.90. The molecule has 0 aliphatic carbocycles. The number of benzene rings is 1. The van der Waals surface area contributed by atoms with Gasteiger partial charge in [-0.2, -0.15) is 0 Å². The smallest absolute Gasteiger partial charge is 0.249 e. The maximum Gasteiger partial charge on any atom is 0.249 e. The average Bonchev–Trinajstić information content (AvgIpc) is 2.33. The van der Waals surface area contributed by atoms with Crippen molar-refractivity contribution in [3.05, 3.63) is 62.7 Å². The Balaban J connectivity index is 2.37. The summed E-state index contributed by atoms with van der Waals surface area (Å²) in [5.41, 5.74) is 6.80. The number of hydrogen-bond acceptors (Lipinski definition) is 2. The molecular weight excluding hydrogens is 346 g/mol. The second-order valence-corrected chi connectivity index (χ2v) is 5.06. The third-order valence-electron chi connectivity index (χ3n) is 2.57. The van der Waals surface area contributed by atoms with Crippen molar-refractivity contribution in [1.82, 2.24) is 4.98 Å². The molecule has 1 aromatic carbocycles. The van der Waals surface area contributed by atoms with Crippen molar-refractivity contribution < 1.29 is 9.18 Å². The molecule has 0 bridgehead atoms. The summed E-state index contributed by atoms with van der Waals surface area (Å²) < 4.78 is 14.6. The Morgan fingerprint density at radius 3 is 2.78 bits per heavy atom. The van der Waals surface area contributed by atoms with Crippen LogP contribution in [0, 0.1) is 9.39 Å². The highest BCUT2D eigenvalue weighted by Gasteiger charge is 2.11. The van der Waals surface area contributed by atoms with E-state index in [1.54, 1.807) is 12.1 Å². The number of primary amides is 1. The van der Waals surface area contributed by atoms with Crippen molar-refractivity contribution in [2.24, 2.45) is 5.73 Å². The Labute approximate surface area is 117 Å². The lowest BCUT2D eigenvalue weighted by atomic mass is 10.0.